The molecule has 5 nitrogen and oxygen atoms in total. The van der Waals surface area contributed by atoms with Gasteiger partial charge in [-0.15, -0.1) is 35.0 Å². The van der Waals surface area contributed by atoms with Gasteiger partial charge in [-0.05, 0) is 6.07 Å². The summed E-state index contributed by atoms with van der Waals surface area (Å²) in [6.07, 6.45) is -4.58. The van der Waals surface area contributed by atoms with Crippen LogP contribution in [-0.4, -0.2) is 16.2 Å². The zero-order valence-electron chi connectivity index (χ0n) is 13.0. The van der Waals surface area contributed by atoms with E-state index >= 15 is 0 Å². The van der Waals surface area contributed by atoms with Crippen molar-refractivity contribution in [3.63, 3.8) is 0 Å². The predicted molar refractivity (Wildman–Crippen MR) is 100 cm³/mol. The van der Waals surface area contributed by atoms with E-state index in [-0.39, 0.29) is 41.4 Å². The molecule has 0 amide bonds. The molecule has 0 unspecified atom stereocenters. The minimum Gasteiger partial charge on any atom is -0.370 e. The number of halogens is 5. The van der Waals surface area contributed by atoms with Crippen molar-refractivity contribution in [3.05, 3.63) is 54.1 Å². The first-order valence-electron chi connectivity index (χ1n) is 6.91. The van der Waals surface area contributed by atoms with E-state index in [1.165, 1.54) is 12.1 Å². The molecule has 0 aliphatic rings. The first-order chi connectivity index (χ1) is 11.4. The van der Waals surface area contributed by atoms with Gasteiger partial charge in [-0.2, -0.15) is 13.2 Å². The Hall–Kier alpha value is -2.58. The van der Waals surface area contributed by atoms with Crippen LogP contribution < -0.4 is 11.1 Å². The minimum atomic E-state index is -4.58. The van der Waals surface area contributed by atoms with Crippen LogP contribution in [0.4, 0.5) is 19.0 Å². The molecule has 0 aliphatic carbocycles. The highest BCUT2D eigenvalue weighted by Gasteiger charge is 2.34. The SMILES string of the molecule is Cl.Cl.N=C(N)Nc1nnc(-c2ccccc2)c2cccc(C(F)(F)F)c12. The van der Waals surface area contributed by atoms with E-state index in [0.717, 1.165) is 6.07 Å². The van der Waals surface area contributed by atoms with E-state index in [1.54, 1.807) is 30.3 Å². The van der Waals surface area contributed by atoms with Gasteiger partial charge in [0.05, 0.1) is 5.56 Å². The van der Waals surface area contributed by atoms with Crippen molar-refractivity contribution in [2.45, 2.75) is 6.18 Å². The zero-order valence-corrected chi connectivity index (χ0v) is 14.7. The number of fused-ring (bicyclic) bond motifs is 1. The number of anilines is 1. The average molecular weight is 404 g/mol. The molecule has 3 rings (SSSR count). The second-order valence-electron chi connectivity index (χ2n) is 5.03. The Bertz CT molecular complexity index is 917. The number of aromatic nitrogens is 2. The van der Waals surface area contributed by atoms with Crippen LogP contribution >= 0.6 is 24.8 Å². The summed E-state index contributed by atoms with van der Waals surface area (Å²) in [5.74, 6) is -0.722. The van der Waals surface area contributed by atoms with Gasteiger partial charge in [0.2, 0.25) is 0 Å². The highest BCUT2D eigenvalue weighted by Crippen LogP contribution is 2.39. The van der Waals surface area contributed by atoms with Crippen molar-refractivity contribution in [1.29, 1.82) is 5.41 Å². The van der Waals surface area contributed by atoms with E-state index in [0.29, 0.717) is 11.3 Å². The lowest BCUT2D eigenvalue weighted by Crippen LogP contribution is -2.22. The monoisotopic (exact) mass is 403 g/mol. The molecule has 0 radical (unpaired) electrons. The van der Waals surface area contributed by atoms with Crippen LogP contribution in [0.1, 0.15) is 5.56 Å². The fourth-order valence-corrected chi connectivity index (χ4v) is 2.47. The Morgan fingerprint density at radius 3 is 2.19 bits per heavy atom. The second kappa shape index (κ2) is 8.20. The maximum atomic E-state index is 13.4. The lowest BCUT2D eigenvalue weighted by molar-refractivity contribution is -0.136. The van der Waals surface area contributed by atoms with Crippen molar-refractivity contribution in [1.82, 2.24) is 10.2 Å². The highest BCUT2D eigenvalue weighted by molar-refractivity contribution is 6.06. The van der Waals surface area contributed by atoms with Crippen LogP contribution in [-0.2, 0) is 6.18 Å². The van der Waals surface area contributed by atoms with E-state index < -0.39 is 17.7 Å². The van der Waals surface area contributed by atoms with Gasteiger partial charge in [0.1, 0.15) is 5.69 Å². The Morgan fingerprint density at radius 2 is 1.62 bits per heavy atom. The number of hydrogen-bond acceptors (Lipinski definition) is 3. The van der Waals surface area contributed by atoms with E-state index in [4.69, 9.17) is 11.1 Å². The summed E-state index contributed by atoms with van der Waals surface area (Å²) in [7, 11) is 0. The molecule has 4 N–H and O–H groups in total. The van der Waals surface area contributed by atoms with Gasteiger partial charge < -0.3 is 11.1 Å². The van der Waals surface area contributed by atoms with E-state index in [9.17, 15) is 13.2 Å². The number of rotatable bonds is 2. The number of benzene rings is 2. The molecule has 0 fully saturated rings. The normalized spacial score (nSPS) is 10.6. The number of nitrogens with two attached hydrogens (primary N) is 1. The lowest BCUT2D eigenvalue weighted by atomic mass is 10.0. The number of nitrogens with zero attached hydrogens (tertiary/aromatic N) is 2. The Kier molecular flexibility index (Phi) is 6.77. The molecule has 1 aromatic heterocycles. The van der Waals surface area contributed by atoms with Gasteiger partial charge in [-0.25, -0.2) is 0 Å². The zero-order chi connectivity index (χ0) is 17.3. The van der Waals surface area contributed by atoms with Gasteiger partial charge in [0, 0.05) is 16.3 Å². The molecule has 0 aliphatic heterocycles. The first kappa shape index (κ1) is 21.5. The fourth-order valence-electron chi connectivity index (χ4n) is 2.47. The Balaban J connectivity index is 0.00000169. The van der Waals surface area contributed by atoms with Gasteiger partial charge in [0.25, 0.3) is 0 Å². The first-order valence-corrected chi connectivity index (χ1v) is 6.91. The van der Waals surface area contributed by atoms with Gasteiger partial charge in [0.15, 0.2) is 11.8 Å². The van der Waals surface area contributed by atoms with E-state index in [1.807, 2.05) is 0 Å². The van der Waals surface area contributed by atoms with Crippen LogP contribution in [0.2, 0.25) is 0 Å². The molecule has 138 valence electrons. The maximum Gasteiger partial charge on any atom is 0.417 e. The van der Waals surface area contributed by atoms with Crippen molar-refractivity contribution < 1.29 is 13.2 Å². The molecule has 1 heterocycles. The van der Waals surface area contributed by atoms with Crippen molar-refractivity contribution in [2.75, 3.05) is 5.32 Å². The summed E-state index contributed by atoms with van der Waals surface area (Å²) in [4.78, 5) is 0. The quantitative estimate of drug-likeness (QED) is 0.435. The predicted octanol–water partition coefficient (Wildman–Crippen LogP) is 4.46. The number of hydrogen-bond donors (Lipinski definition) is 3. The minimum absolute atomic E-state index is 0. The molecule has 2 aromatic carbocycles. The van der Waals surface area contributed by atoms with Gasteiger partial charge in [-0.1, -0.05) is 42.5 Å². The largest absolute Gasteiger partial charge is 0.417 e. The van der Waals surface area contributed by atoms with Crippen LogP contribution in [0.15, 0.2) is 48.5 Å². The lowest BCUT2D eigenvalue weighted by Gasteiger charge is -2.15. The van der Waals surface area contributed by atoms with Crippen LogP contribution in [0.5, 0.6) is 0 Å². The molecule has 0 saturated carbocycles. The summed E-state index contributed by atoms with van der Waals surface area (Å²) >= 11 is 0. The van der Waals surface area contributed by atoms with Gasteiger partial charge >= 0.3 is 6.18 Å². The number of nitrogens with one attached hydrogen (secondary N) is 2. The molecule has 3 aromatic rings. The van der Waals surface area contributed by atoms with Crippen LogP contribution in [0.25, 0.3) is 22.0 Å². The number of guanidine groups is 1. The molecule has 0 saturated heterocycles. The third kappa shape index (κ3) is 4.14. The van der Waals surface area contributed by atoms with E-state index in [2.05, 4.69) is 15.5 Å². The Morgan fingerprint density at radius 1 is 0.962 bits per heavy atom. The van der Waals surface area contributed by atoms with Crippen LogP contribution in [0, 0.1) is 5.41 Å². The summed E-state index contributed by atoms with van der Waals surface area (Å²) < 4.78 is 40.2. The molecule has 10 heteroatoms. The second-order valence-corrected chi connectivity index (χ2v) is 5.03. The van der Waals surface area contributed by atoms with Gasteiger partial charge in [-0.3, -0.25) is 5.41 Å². The summed E-state index contributed by atoms with van der Waals surface area (Å²) in [6, 6.07) is 12.6. The third-order valence-electron chi connectivity index (χ3n) is 3.41. The maximum absolute atomic E-state index is 13.4. The third-order valence-corrected chi connectivity index (χ3v) is 3.41. The molecule has 26 heavy (non-hydrogen) atoms. The fraction of sp³-hybridized carbons (Fsp3) is 0.0625. The van der Waals surface area contributed by atoms with Crippen LogP contribution in [0.3, 0.4) is 0 Å². The standard InChI is InChI=1S/C16H12F3N5.2ClH/c17-16(18,19)11-8-4-7-10-12(11)14(22-15(20)21)24-23-13(10)9-5-2-1-3-6-9;;/h1-8H,(H4,20,21,22,24);2*1H. The molecular formula is C16H14Cl2F3N5. The molecular weight excluding hydrogens is 390 g/mol. The highest BCUT2D eigenvalue weighted by atomic mass is 35.5. The van der Waals surface area contributed by atoms with Crippen molar-refractivity contribution >= 4 is 47.4 Å². The smallest absolute Gasteiger partial charge is 0.370 e. The summed E-state index contributed by atoms with van der Waals surface area (Å²) in [6.45, 7) is 0. The average Bonchev–Trinajstić information content (AvgIpc) is 2.54. The summed E-state index contributed by atoms with van der Waals surface area (Å²) in [5, 5.41) is 17.5. The Labute approximate surface area is 159 Å². The summed E-state index contributed by atoms with van der Waals surface area (Å²) in [5.41, 5.74) is 5.35. The number of alkyl halides is 3. The molecule has 0 spiro atoms. The molecule has 0 bridgehead atoms. The van der Waals surface area contributed by atoms with Crippen molar-refractivity contribution in [3.8, 4) is 11.3 Å². The van der Waals surface area contributed by atoms with Crippen molar-refractivity contribution in [2.24, 2.45) is 5.73 Å². The topological polar surface area (TPSA) is 87.7 Å². The molecule has 0 atom stereocenters.